The first-order valence-electron chi connectivity index (χ1n) is 10.5. The normalized spacial score (nSPS) is 11.1. The van der Waals surface area contributed by atoms with Gasteiger partial charge < -0.3 is 43.1 Å². The fourth-order valence-electron chi connectivity index (χ4n) is 3.03. The number of carbonyl (C=O) groups is 4. The summed E-state index contributed by atoms with van der Waals surface area (Å²) in [5.74, 6) is -3.74. The molecule has 2 heterocycles. The minimum atomic E-state index is -1.37. The smallest absolute Gasteiger partial charge is 0.326 e. The first kappa shape index (κ1) is 28.1. The quantitative estimate of drug-likeness (QED) is 0.154. The van der Waals surface area contributed by atoms with E-state index >= 15 is 0 Å². The molecular weight excluding hydrogens is 490 g/mol. The minimum Gasteiger partial charge on any atom is -0.481 e. The lowest BCUT2D eigenvalue weighted by atomic mass is 10.1. The molecule has 16 nitrogen and oxygen atoms in total. The number of benzene rings is 1. The van der Waals surface area contributed by atoms with Gasteiger partial charge in [0.2, 0.25) is 11.9 Å². The second-order valence-corrected chi connectivity index (χ2v) is 7.50. The molecular formula is C21H25N9O7. The largest absolute Gasteiger partial charge is 0.481 e. The van der Waals surface area contributed by atoms with Crippen LogP contribution in [0.25, 0.3) is 11.2 Å². The molecule has 3 aromatic rings. The zero-order valence-electron chi connectivity index (χ0n) is 19.3. The van der Waals surface area contributed by atoms with Gasteiger partial charge >= 0.3 is 11.9 Å². The van der Waals surface area contributed by atoms with Gasteiger partial charge in [-0.1, -0.05) is 0 Å². The zero-order chi connectivity index (χ0) is 26.2. The summed E-state index contributed by atoms with van der Waals surface area (Å²) < 4.78 is 0. The Kier molecular flexibility index (Phi) is 9.53. The number of anilines is 3. The number of carboxylic acids is 2. The molecule has 16 heteroatoms. The van der Waals surface area contributed by atoms with Gasteiger partial charge in [-0.2, -0.15) is 9.97 Å². The molecule has 0 bridgehead atoms. The van der Waals surface area contributed by atoms with Gasteiger partial charge in [0.25, 0.3) is 5.91 Å². The number of aliphatic carboxylic acids is 2. The maximum atomic E-state index is 12.3. The number of nitrogens with two attached hydrogens (primary N) is 2. The van der Waals surface area contributed by atoms with E-state index in [1.807, 2.05) is 0 Å². The van der Waals surface area contributed by atoms with E-state index in [0.29, 0.717) is 23.4 Å². The SMILES string of the molecule is Nc1nc(N)c2nc(CNc3ccc(C(=O)NCC(=O)NC(CCC(=O)O)C(=O)O)cc3)cnc2n1.O. The van der Waals surface area contributed by atoms with Gasteiger partial charge in [-0.3, -0.25) is 14.4 Å². The van der Waals surface area contributed by atoms with Gasteiger partial charge in [-0.25, -0.2) is 14.8 Å². The Morgan fingerprint density at radius 3 is 2.35 bits per heavy atom. The van der Waals surface area contributed by atoms with Crippen molar-refractivity contribution in [2.75, 3.05) is 23.3 Å². The second kappa shape index (κ2) is 12.5. The summed E-state index contributed by atoms with van der Waals surface area (Å²) >= 11 is 0. The molecule has 2 amide bonds. The number of nitrogens with one attached hydrogen (secondary N) is 3. The number of hydrogen-bond acceptors (Lipinski definition) is 11. The predicted molar refractivity (Wildman–Crippen MR) is 130 cm³/mol. The van der Waals surface area contributed by atoms with Crippen molar-refractivity contribution in [3.8, 4) is 0 Å². The van der Waals surface area contributed by atoms with E-state index in [4.69, 9.17) is 21.7 Å². The number of fused-ring (bicyclic) bond motifs is 1. The van der Waals surface area contributed by atoms with Crippen molar-refractivity contribution in [2.45, 2.75) is 25.4 Å². The fraction of sp³-hybridized carbons (Fsp3) is 0.238. The summed E-state index contributed by atoms with van der Waals surface area (Å²) in [6.07, 6.45) is 0.819. The average Bonchev–Trinajstić information content (AvgIpc) is 2.84. The summed E-state index contributed by atoms with van der Waals surface area (Å²) in [6, 6.07) is 4.99. The van der Waals surface area contributed by atoms with Crippen LogP contribution in [0.1, 0.15) is 28.9 Å². The highest BCUT2D eigenvalue weighted by Gasteiger charge is 2.21. The number of nitrogens with zero attached hydrogens (tertiary/aromatic N) is 4. The molecule has 0 aliphatic rings. The zero-order valence-corrected chi connectivity index (χ0v) is 19.3. The van der Waals surface area contributed by atoms with Crippen LogP contribution in [0.5, 0.6) is 0 Å². The topological polar surface area (TPSA) is 280 Å². The van der Waals surface area contributed by atoms with Crippen LogP contribution in [-0.2, 0) is 20.9 Å². The molecule has 0 fully saturated rings. The Morgan fingerprint density at radius 2 is 1.70 bits per heavy atom. The summed E-state index contributed by atoms with van der Waals surface area (Å²) in [5.41, 5.74) is 13.5. The lowest BCUT2D eigenvalue weighted by Gasteiger charge is -2.14. The van der Waals surface area contributed by atoms with Crippen molar-refractivity contribution < 1.29 is 34.9 Å². The molecule has 0 saturated carbocycles. The van der Waals surface area contributed by atoms with E-state index in [-0.39, 0.29) is 34.9 Å². The van der Waals surface area contributed by atoms with E-state index in [9.17, 15) is 19.2 Å². The molecule has 0 spiro atoms. The molecule has 2 aromatic heterocycles. The van der Waals surface area contributed by atoms with Crippen molar-refractivity contribution in [3.05, 3.63) is 41.7 Å². The number of carbonyl (C=O) groups excluding carboxylic acids is 2. The van der Waals surface area contributed by atoms with Gasteiger partial charge in [0.15, 0.2) is 17.0 Å². The van der Waals surface area contributed by atoms with E-state index in [2.05, 4.69) is 35.9 Å². The van der Waals surface area contributed by atoms with Gasteiger partial charge in [0, 0.05) is 17.7 Å². The van der Waals surface area contributed by atoms with E-state index in [1.165, 1.54) is 18.3 Å². The molecule has 0 radical (unpaired) electrons. The summed E-state index contributed by atoms with van der Waals surface area (Å²) in [6.45, 7) is -0.181. The number of hydrogen-bond donors (Lipinski definition) is 7. The first-order chi connectivity index (χ1) is 17.1. The van der Waals surface area contributed by atoms with E-state index in [0.717, 1.165) is 0 Å². The Hall–Kier alpha value is -5.12. The second-order valence-electron chi connectivity index (χ2n) is 7.50. The molecule has 0 aliphatic carbocycles. The van der Waals surface area contributed by atoms with Crippen molar-refractivity contribution in [1.29, 1.82) is 0 Å². The average molecular weight is 515 g/mol. The standard InChI is InChI=1S/C21H23N9O6.H2O/c22-17-16-18(30-21(23)29-17)25-8-12(27-16)7-24-11-3-1-10(2-4-11)19(34)26-9-14(31)28-13(20(35)36)5-6-15(32)33;/h1-4,8,13,24H,5-7,9H2,(H,26,34)(H,28,31)(H,32,33)(H,35,36)(H4,22,23,25,29,30);1H2. The fourth-order valence-corrected chi connectivity index (χ4v) is 3.03. The van der Waals surface area contributed by atoms with E-state index < -0.39 is 42.8 Å². The van der Waals surface area contributed by atoms with Gasteiger partial charge in [-0.15, -0.1) is 0 Å². The summed E-state index contributed by atoms with van der Waals surface area (Å²) in [7, 11) is 0. The Bertz CT molecular complexity index is 1300. The Balaban J connectivity index is 0.00000481. The van der Waals surface area contributed by atoms with Crippen molar-refractivity contribution in [1.82, 2.24) is 30.6 Å². The number of aromatic nitrogens is 4. The van der Waals surface area contributed by atoms with Crippen LogP contribution in [0.2, 0.25) is 0 Å². The lowest BCUT2D eigenvalue weighted by molar-refractivity contribution is -0.142. The van der Waals surface area contributed by atoms with Crippen LogP contribution in [0.4, 0.5) is 17.5 Å². The Morgan fingerprint density at radius 1 is 1.00 bits per heavy atom. The third-order valence-electron chi connectivity index (χ3n) is 4.81. The highest BCUT2D eigenvalue weighted by molar-refractivity contribution is 5.97. The molecule has 1 unspecified atom stereocenters. The number of carboxylic acid groups (broad SMARTS) is 2. The van der Waals surface area contributed by atoms with E-state index in [1.54, 1.807) is 12.1 Å². The molecule has 0 aliphatic heterocycles. The van der Waals surface area contributed by atoms with Crippen LogP contribution in [0, 0.1) is 0 Å². The molecule has 196 valence electrons. The summed E-state index contributed by atoms with van der Waals surface area (Å²) in [4.78, 5) is 62.4. The van der Waals surface area contributed by atoms with Crippen molar-refractivity contribution >= 4 is 52.4 Å². The molecule has 1 aromatic carbocycles. The van der Waals surface area contributed by atoms with Crippen LogP contribution in [0.15, 0.2) is 30.5 Å². The lowest BCUT2D eigenvalue weighted by Crippen LogP contribution is -2.45. The van der Waals surface area contributed by atoms with Crippen molar-refractivity contribution in [2.24, 2.45) is 0 Å². The van der Waals surface area contributed by atoms with Crippen molar-refractivity contribution in [3.63, 3.8) is 0 Å². The molecule has 3 rings (SSSR count). The van der Waals surface area contributed by atoms with Crippen LogP contribution < -0.4 is 27.4 Å². The number of amides is 2. The van der Waals surface area contributed by atoms with Crippen LogP contribution in [0.3, 0.4) is 0 Å². The van der Waals surface area contributed by atoms with Gasteiger partial charge in [0.05, 0.1) is 25.0 Å². The maximum Gasteiger partial charge on any atom is 0.326 e. The van der Waals surface area contributed by atoms with Gasteiger partial charge in [0.1, 0.15) is 6.04 Å². The van der Waals surface area contributed by atoms with Crippen LogP contribution >= 0.6 is 0 Å². The van der Waals surface area contributed by atoms with Gasteiger partial charge in [-0.05, 0) is 30.7 Å². The van der Waals surface area contributed by atoms with Crippen LogP contribution in [-0.4, -0.2) is 72.0 Å². The molecule has 0 saturated heterocycles. The maximum absolute atomic E-state index is 12.3. The minimum absolute atomic E-state index is 0. The predicted octanol–water partition coefficient (Wildman–Crippen LogP) is -1.46. The highest BCUT2D eigenvalue weighted by atomic mass is 16.4. The third kappa shape index (κ3) is 7.96. The highest BCUT2D eigenvalue weighted by Crippen LogP contribution is 2.16. The molecule has 37 heavy (non-hydrogen) atoms. The molecule has 1 atom stereocenters. The summed E-state index contributed by atoms with van der Waals surface area (Å²) in [5, 5.41) is 25.4. The number of nitrogen functional groups attached to an aromatic ring is 2. The Labute approximate surface area is 208 Å². The molecule has 11 N–H and O–H groups in total. The third-order valence-corrected chi connectivity index (χ3v) is 4.81. The monoisotopic (exact) mass is 515 g/mol. The first-order valence-corrected chi connectivity index (χ1v) is 10.5. The number of rotatable bonds is 11.